The van der Waals surface area contributed by atoms with Crippen LogP contribution < -0.4 is 28.4 Å². The summed E-state index contributed by atoms with van der Waals surface area (Å²) in [5.74, 6) is -7.24. The summed E-state index contributed by atoms with van der Waals surface area (Å²) >= 11 is 0. The third-order valence-corrected chi connectivity index (χ3v) is 7.96. The molecule has 3 aromatic carbocycles. The second kappa shape index (κ2) is 15.7. The number of rotatable bonds is 17. The van der Waals surface area contributed by atoms with Crippen LogP contribution >= 0.6 is 0 Å². The van der Waals surface area contributed by atoms with Gasteiger partial charge in [0.15, 0.2) is 34.5 Å². The number of methoxy groups -OCH3 is 6. The minimum atomic E-state index is -1.39. The van der Waals surface area contributed by atoms with Gasteiger partial charge in [0.05, 0.1) is 59.3 Å². The minimum absolute atomic E-state index is 0.0110. The van der Waals surface area contributed by atoms with Crippen molar-refractivity contribution in [3.05, 3.63) is 51.6 Å². The van der Waals surface area contributed by atoms with Crippen LogP contribution in [0.25, 0.3) is 0 Å². The second-order valence-corrected chi connectivity index (χ2v) is 10.5. The maximum absolute atomic E-state index is 12.6. The molecule has 0 aliphatic heterocycles. The van der Waals surface area contributed by atoms with Gasteiger partial charge >= 0.3 is 17.9 Å². The van der Waals surface area contributed by atoms with Gasteiger partial charge in [-0.25, -0.2) is 14.4 Å². The number of carbonyl (C=O) groups is 3. The lowest BCUT2D eigenvalue weighted by Gasteiger charge is -2.25. The van der Waals surface area contributed by atoms with Crippen molar-refractivity contribution in [3.8, 4) is 51.7 Å². The van der Waals surface area contributed by atoms with Gasteiger partial charge in [0.25, 0.3) is 0 Å². The van der Waals surface area contributed by atoms with Gasteiger partial charge in [-0.1, -0.05) is 6.42 Å². The fourth-order valence-corrected chi connectivity index (χ4v) is 5.78. The van der Waals surface area contributed by atoms with E-state index in [2.05, 4.69) is 0 Å². The number of hydrogen-bond acceptors (Lipinski definition) is 12. The smallest absolute Gasteiger partial charge is 0.336 e. The molecule has 0 spiro atoms. The van der Waals surface area contributed by atoms with Crippen molar-refractivity contribution >= 4 is 17.9 Å². The molecule has 0 bridgehead atoms. The molecule has 6 N–H and O–H groups in total. The maximum Gasteiger partial charge on any atom is 0.336 e. The molecule has 0 amide bonds. The quantitative estimate of drug-likeness (QED) is 0.107. The Morgan fingerprint density at radius 3 is 1.38 bits per heavy atom. The molecular formula is C33H38O15. The first-order chi connectivity index (χ1) is 22.8. The molecule has 3 aromatic rings. The van der Waals surface area contributed by atoms with E-state index in [1.54, 1.807) is 0 Å². The Morgan fingerprint density at radius 2 is 0.958 bits per heavy atom. The van der Waals surface area contributed by atoms with E-state index in [4.69, 9.17) is 28.4 Å². The molecule has 0 saturated carbocycles. The fraction of sp³-hybridized carbons (Fsp3) is 0.364. The van der Waals surface area contributed by atoms with Gasteiger partial charge in [-0.15, -0.1) is 0 Å². The number of carboxylic acids is 3. The highest BCUT2D eigenvalue weighted by atomic mass is 16.5. The Kier molecular flexibility index (Phi) is 12.0. The van der Waals surface area contributed by atoms with Crippen LogP contribution in [0.2, 0.25) is 0 Å². The molecule has 15 nitrogen and oxygen atoms in total. The van der Waals surface area contributed by atoms with Crippen LogP contribution in [0.4, 0.5) is 0 Å². The molecule has 0 aromatic heterocycles. The Morgan fingerprint density at radius 1 is 0.562 bits per heavy atom. The molecule has 48 heavy (non-hydrogen) atoms. The van der Waals surface area contributed by atoms with Crippen LogP contribution in [0.3, 0.4) is 0 Å². The van der Waals surface area contributed by atoms with Gasteiger partial charge in [0, 0.05) is 16.7 Å². The number of unbranched alkanes of at least 4 members (excludes halogenated alkanes) is 1. The average molecular weight is 675 g/mol. The highest BCUT2D eigenvalue weighted by molar-refractivity contribution is 5.94. The lowest BCUT2D eigenvalue weighted by atomic mass is 9.82. The van der Waals surface area contributed by atoms with Crippen LogP contribution in [0.1, 0.15) is 72.9 Å². The molecule has 1 atom stereocenters. The number of ether oxygens (including phenoxy) is 6. The number of phenols is 3. The molecule has 0 radical (unpaired) electrons. The zero-order chi connectivity index (χ0) is 35.9. The summed E-state index contributed by atoms with van der Waals surface area (Å²) in [5.41, 5.74) is -0.516. The first kappa shape index (κ1) is 36.7. The molecule has 0 saturated heterocycles. The van der Waals surface area contributed by atoms with Gasteiger partial charge < -0.3 is 59.1 Å². The number of aromatic carboxylic acids is 3. The minimum Gasteiger partial charge on any atom is -0.502 e. The lowest BCUT2D eigenvalue weighted by Crippen LogP contribution is -2.15. The van der Waals surface area contributed by atoms with Gasteiger partial charge in [0.2, 0.25) is 17.2 Å². The van der Waals surface area contributed by atoms with Crippen molar-refractivity contribution < 1.29 is 73.4 Å². The van der Waals surface area contributed by atoms with E-state index in [9.17, 15) is 45.0 Å². The van der Waals surface area contributed by atoms with Gasteiger partial charge in [0.1, 0.15) is 0 Å². The van der Waals surface area contributed by atoms with Gasteiger partial charge in [-0.2, -0.15) is 0 Å². The monoisotopic (exact) mass is 674 g/mol. The predicted molar refractivity (Wildman–Crippen MR) is 169 cm³/mol. The molecule has 260 valence electrons. The van der Waals surface area contributed by atoms with E-state index < -0.39 is 35.3 Å². The number of hydrogen-bond donors (Lipinski definition) is 6. The fourth-order valence-electron chi connectivity index (χ4n) is 5.78. The van der Waals surface area contributed by atoms with Crippen molar-refractivity contribution in [2.45, 2.75) is 38.0 Å². The second-order valence-electron chi connectivity index (χ2n) is 10.5. The zero-order valence-corrected chi connectivity index (χ0v) is 27.2. The van der Waals surface area contributed by atoms with E-state index in [1.165, 1.54) is 48.7 Å². The summed E-state index contributed by atoms with van der Waals surface area (Å²) < 4.78 is 31.6. The number of benzene rings is 3. The number of phenolic OH excluding ortho intramolecular Hbond substituents is 3. The Labute approximate surface area is 275 Å². The molecule has 3 rings (SSSR count). The molecular weight excluding hydrogens is 636 g/mol. The summed E-state index contributed by atoms with van der Waals surface area (Å²) in [6.45, 7) is 0. The van der Waals surface area contributed by atoms with Crippen LogP contribution in [0, 0.1) is 0 Å². The molecule has 1 unspecified atom stereocenters. The van der Waals surface area contributed by atoms with E-state index in [1.807, 2.05) is 0 Å². The third kappa shape index (κ3) is 7.14. The standard InChI is InChI=1S/C33H38O15/c1-43-21-12-18(31(37)38)16(28(46-4)25(21)34)10-8-7-9-15(24-20(33(41)42)14-23(45-3)27(36)30(24)48-6)11-17-19(32(39)40)13-22(44-2)26(35)29(17)47-5/h12-15,34-36H,7-11H2,1-6H3,(H,37,38)(H,39,40)(H,41,42). The Balaban J connectivity index is 2.19. The molecule has 0 fully saturated rings. The van der Waals surface area contributed by atoms with Crippen LogP contribution in [0.5, 0.6) is 51.7 Å². The summed E-state index contributed by atoms with van der Waals surface area (Å²) in [4.78, 5) is 37.1. The summed E-state index contributed by atoms with van der Waals surface area (Å²) in [5, 5.41) is 62.6. The van der Waals surface area contributed by atoms with E-state index in [0.717, 1.165) is 12.1 Å². The van der Waals surface area contributed by atoms with Gasteiger partial charge in [-0.05, 0) is 49.8 Å². The highest BCUT2D eigenvalue weighted by Gasteiger charge is 2.32. The van der Waals surface area contributed by atoms with Crippen LogP contribution in [-0.2, 0) is 12.8 Å². The summed E-state index contributed by atoms with van der Waals surface area (Å²) in [6, 6.07) is 3.41. The van der Waals surface area contributed by atoms with Crippen molar-refractivity contribution in [1.29, 1.82) is 0 Å². The van der Waals surface area contributed by atoms with Crippen LogP contribution in [0.15, 0.2) is 18.2 Å². The van der Waals surface area contributed by atoms with Gasteiger partial charge in [-0.3, -0.25) is 0 Å². The van der Waals surface area contributed by atoms with Crippen molar-refractivity contribution in [3.63, 3.8) is 0 Å². The molecule has 0 aliphatic carbocycles. The Bertz CT molecular complexity index is 1700. The SMILES string of the molecule is COc1cc(C(=O)O)c(CCCCC(Cc2c(C(=O)O)cc(OC)c(O)c2OC)c2c(C(=O)O)cc(OC)c(O)c2OC)c(OC)c1O. The first-order valence-electron chi connectivity index (χ1n) is 14.4. The van der Waals surface area contributed by atoms with E-state index in [0.29, 0.717) is 0 Å². The van der Waals surface area contributed by atoms with Crippen molar-refractivity contribution in [1.82, 2.24) is 0 Å². The van der Waals surface area contributed by atoms with Crippen molar-refractivity contribution in [2.75, 3.05) is 42.7 Å². The normalized spacial score (nSPS) is 11.4. The molecule has 15 heteroatoms. The van der Waals surface area contributed by atoms with Crippen molar-refractivity contribution in [2.24, 2.45) is 0 Å². The maximum atomic E-state index is 12.6. The van der Waals surface area contributed by atoms with Crippen LogP contribution in [-0.4, -0.2) is 91.2 Å². The molecule has 0 aliphatic rings. The van der Waals surface area contributed by atoms with E-state index in [-0.39, 0.29) is 106 Å². The topological polar surface area (TPSA) is 228 Å². The first-order valence-corrected chi connectivity index (χ1v) is 14.4. The summed E-state index contributed by atoms with van der Waals surface area (Å²) in [7, 11) is 7.45. The number of aromatic hydroxyl groups is 3. The zero-order valence-electron chi connectivity index (χ0n) is 27.2. The predicted octanol–water partition coefficient (Wildman–Crippen LogP) is 4.69. The number of carboxylic acid groups (broad SMARTS) is 3. The lowest BCUT2D eigenvalue weighted by molar-refractivity contribution is 0.0682. The average Bonchev–Trinajstić information content (AvgIpc) is 3.05. The Hall–Kier alpha value is -5.73. The van der Waals surface area contributed by atoms with E-state index >= 15 is 0 Å². The summed E-state index contributed by atoms with van der Waals surface area (Å²) in [6.07, 6.45) is 0.561. The largest absolute Gasteiger partial charge is 0.502 e. The third-order valence-electron chi connectivity index (χ3n) is 7.96. The molecule has 0 heterocycles. The highest BCUT2D eigenvalue weighted by Crippen LogP contribution is 2.49.